The summed E-state index contributed by atoms with van der Waals surface area (Å²) in [6.45, 7) is 6.33. The molecular weight excluding hydrogens is 669 g/mol. The van der Waals surface area contributed by atoms with Gasteiger partial charge >= 0.3 is 0 Å². The zero-order valence-electron chi connectivity index (χ0n) is 31.3. The molecule has 2 aliphatic rings. The number of imidazole rings is 2. The number of H-pyrrole nitrogens is 4. The van der Waals surface area contributed by atoms with E-state index >= 15 is 0 Å². The van der Waals surface area contributed by atoms with Crippen LogP contribution in [0.2, 0.25) is 0 Å². The lowest BCUT2D eigenvalue weighted by atomic mass is 9.94. The van der Waals surface area contributed by atoms with Gasteiger partial charge in [0.05, 0.1) is 16.7 Å². The second-order valence-electron chi connectivity index (χ2n) is 15.9. The molecule has 1 aliphatic heterocycles. The van der Waals surface area contributed by atoms with Crippen molar-refractivity contribution in [2.45, 2.75) is 83.8 Å². The predicted molar refractivity (Wildman–Crippen MR) is 217 cm³/mol. The molecule has 7 heterocycles. The summed E-state index contributed by atoms with van der Waals surface area (Å²) >= 11 is 0. The van der Waals surface area contributed by atoms with Crippen LogP contribution in [0.5, 0.6) is 0 Å². The lowest BCUT2D eigenvalue weighted by Crippen LogP contribution is -2.32. The fourth-order valence-electron chi connectivity index (χ4n) is 9.05. The van der Waals surface area contributed by atoms with Crippen LogP contribution in [0.3, 0.4) is 0 Å². The molecule has 10 nitrogen and oxygen atoms in total. The van der Waals surface area contributed by atoms with Crippen molar-refractivity contribution in [1.82, 2.24) is 49.7 Å². The molecule has 0 amide bonds. The average Bonchev–Trinajstić information content (AvgIpc) is 3.99. The molecule has 0 radical (unpaired) electrons. The Hall–Kier alpha value is -5.32. The van der Waals surface area contributed by atoms with Gasteiger partial charge in [0.1, 0.15) is 11.6 Å². The molecule has 1 saturated carbocycles. The highest BCUT2D eigenvalue weighted by atomic mass is 15.1. The first kappa shape index (κ1) is 33.3. The monoisotopic (exact) mass is 716 g/mol. The van der Waals surface area contributed by atoms with E-state index in [1.807, 2.05) is 13.1 Å². The Labute approximate surface area is 314 Å². The third-order valence-electron chi connectivity index (χ3n) is 11.9. The van der Waals surface area contributed by atoms with Crippen LogP contribution in [-0.4, -0.2) is 75.9 Å². The van der Waals surface area contributed by atoms with Crippen molar-refractivity contribution < 1.29 is 0 Å². The number of hydrogen-bond donors (Lipinski definition) is 4. The number of rotatable bonds is 9. The minimum absolute atomic E-state index is 0.523. The van der Waals surface area contributed by atoms with Crippen molar-refractivity contribution in [1.29, 1.82) is 0 Å². The summed E-state index contributed by atoms with van der Waals surface area (Å²) in [5.74, 6) is 1.66. The Balaban J connectivity index is 0.933. The Morgan fingerprint density at radius 1 is 0.685 bits per heavy atom. The van der Waals surface area contributed by atoms with Crippen LogP contribution >= 0.6 is 0 Å². The number of benzene rings is 2. The van der Waals surface area contributed by atoms with Gasteiger partial charge in [-0.3, -0.25) is 9.80 Å². The smallest absolute Gasteiger partial charge is 0.178 e. The first-order valence-corrected chi connectivity index (χ1v) is 19.9. The third kappa shape index (κ3) is 6.47. The SMILES string of the molecule is Cc1nc2nc(Cc3nc4nccc(-c5cc6ccc(CN(C)C7CCCCC7)cc6[nH]5)c4[nH]3)cc(-c3cc4ccc(CN5CCCCC5)cc4[nH]3)c2[nH]1. The van der Waals surface area contributed by atoms with Gasteiger partial charge < -0.3 is 19.9 Å². The fraction of sp³-hybridized carbons (Fsp3) is 0.364. The molecule has 10 rings (SSSR count). The average molecular weight is 717 g/mol. The van der Waals surface area contributed by atoms with Crippen LogP contribution in [0.1, 0.15) is 79.8 Å². The van der Waals surface area contributed by atoms with Gasteiger partial charge in [0.25, 0.3) is 0 Å². The van der Waals surface area contributed by atoms with Crippen LogP contribution < -0.4 is 0 Å². The summed E-state index contributed by atoms with van der Waals surface area (Å²) < 4.78 is 0. The highest BCUT2D eigenvalue weighted by molar-refractivity contribution is 5.95. The molecule has 1 saturated heterocycles. The van der Waals surface area contributed by atoms with E-state index in [2.05, 4.69) is 102 Å². The molecule has 2 aromatic carbocycles. The van der Waals surface area contributed by atoms with E-state index < -0.39 is 0 Å². The molecule has 4 N–H and O–H groups in total. The molecule has 0 atom stereocenters. The molecule has 0 spiro atoms. The maximum absolute atomic E-state index is 5.00. The van der Waals surface area contributed by atoms with E-state index in [1.54, 1.807) is 0 Å². The van der Waals surface area contributed by atoms with E-state index in [4.69, 9.17) is 15.0 Å². The maximum atomic E-state index is 5.00. The summed E-state index contributed by atoms with van der Waals surface area (Å²) in [6, 6.07) is 23.1. The van der Waals surface area contributed by atoms with Crippen molar-refractivity contribution in [3.8, 4) is 22.5 Å². The summed E-state index contributed by atoms with van der Waals surface area (Å²) in [7, 11) is 2.28. The van der Waals surface area contributed by atoms with Gasteiger partial charge in [-0.05, 0) is 100 Å². The number of aryl methyl sites for hydroxylation is 1. The van der Waals surface area contributed by atoms with Gasteiger partial charge in [-0.1, -0.05) is 49.9 Å². The second-order valence-corrected chi connectivity index (χ2v) is 15.9. The van der Waals surface area contributed by atoms with E-state index in [-0.39, 0.29) is 0 Å². The second kappa shape index (κ2) is 13.8. The van der Waals surface area contributed by atoms with Gasteiger partial charge in [-0.25, -0.2) is 19.9 Å². The van der Waals surface area contributed by atoms with Crippen molar-refractivity contribution in [2.24, 2.45) is 0 Å². The van der Waals surface area contributed by atoms with Gasteiger partial charge in [0.15, 0.2) is 11.3 Å². The van der Waals surface area contributed by atoms with Crippen molar-refractivity contribution in [3.05, 3.63) is 95.3 Å². The summed E-state index contributed by atoms with van der Waals surface area (Å²) in [5, 5.41) is 2.40. The maximum Gasteiger partial charge on any atom is 0.178 e. The van der Waals surface area contributed by atoms with Crippen molar-refractivity contribution in [2.75, 3.05) is 20.1 Å². The molecular formula is C44H48N10. The van der Waals surface area contributed by atoms with Crippen LogP contribution in [0.4, 0.5) is 0 Å². The fourth-order valence-corrected chi connectivity index (χ4v) is 9.05. The van der Waals surface area contributed by atoms with E-state index in [0.29, 0.717) is 23.8 Å². The number of hydrogen-bond acceptors (Lipinski definition) is 6. The zero-order chi connectivity index (χ0) is 36.2. The van der Waals surface area contributed by atoms with Crippen LogP contribution in [0.15, 0.2) is 66.9 Å². The van der Waals surface area contributed by atoms with Gasteiger partial charge in [-0.15, -0.1) is 0 Å². The molecule has 8 aromatic rings. The predicted octanol–water partition coefficient (Wildman–Crippen LogP) is 9.18. The van der Waals surface area contributed by atoms with Crippen molar-refractivity contribution in [3.63, 3.8) is 0 Å². The molecule has 1 aliphatic carbocycles. The summed E-state index contributed by atoms with van der Waals surface area (Å²) in [6.07, 6.45) is 13.0. The topological polar surface area (TPSA) is 121 Å². The lowest BCUT2D eigenvalue weighted by Gasteiger charge is -2.31. The minimum Gasteiger partial charge on any atom is -0.354 e. The van der Waals surface area contributed by atoms with E-state index in [0.717, 1.165) is 75.0 Å². The first-order chi connectivity index (χ1) is 26.5. The molecule has 54 heavy (non-hydrogen) atoms. The summed E-state index contributed by atoms with van der Waals surface area (Å²) in [4.78, 5) is 39.0. The van der Waals surface area contributed by atoms with E-state index in [9.17, 15) is 0 Å². The molecule has 0 bridgehead atoms. The number of aromatic amines is 4. The standard InChI is InChI=1S/C44H48N10/c1-27-46-42-35(39-22-31-14-12-29(20-37(31)50-39)26-54-17-7-4-8-18-54)23-32(48-44(42)47-27)24-40-51-41-34(15-16-45-43(41)52-40)38-21-30-13-11-28(19-36(30)49-38)25-53(2)33-9-5-3-6-10-33/h11-16,19-23,33,49-50H,3-10,17-18,24-26H2,1-2H3,(H,45,51,52)(H,46,47,48). The molecule has 2 fully saturated rings. The van der Waals surface area contributed by atoms with Crippen LogP contribution in [0, 0.1) is 6.92 Å². The highest BCUT2D eigenvalue weighted by Crippen LogP contribution is 2.33. The van der Waals surface area contributed by atoms with Gasteiger partial charge in [-0.2, -0.15) is 0 Å². The van der Waals surface area contributed by atoms with Crippen LogP contribution in [0.25, 0.3) is 66.6 Å². The summed E-state index contributed by atoms with van der Waals surface area (Å²) in [5.41, 5.74) is 13.4. The molecule has 6 aromatic heterocycles. The number of fused-ring (bicyclic) bond motifs is 4. The highest BCUT2D eigenvalue weighted by Gasteiger charge is 2.20. The first-order valence-electron chi connectivity index (χ1n) is 19.9. The number of piperidine rings is 1. The molecule has 274 valence electrons. The largest absolute Gasteiger partial charge is 0.354 e. The Morgan fingerprint density at radius 3 is 2.19 bits per heavy atom. The third-order valence-corrected chi connectivity index (χ3v) is 11.9. The Morgan fingerprint density at radius 2 is 1.39 bits per heavy atom. The molecule has 10 heteroatoms. The van der Waals surface area contributed by atoms with Gasteiger partial charge in [0, 0.05) is 76.1 Å². The number of aromatic nitrogens is 8. The van der Waals surface area contributed by atoms with Crippen molar-refractivity contribution >= 4 is 44.1 Å². The number of nitrogens with one attached hydrogen (secondary N) is 4. The number of likely N-dealkylation sites (tertiary alicyclic amines) is 1. The Bertz CT molecular complexity index is 2610. The van der Waals surface area contributed by atoms with E-state index in [1.165, 1.54) is 86.4 Å². The number of pyridine rings is 2. The molecule has 0 unspecified atom stereocenters. The normalized spacial score (nSPS) is 16.2. The van der Waals surface area contributed by atoms with Gasteiger partial charge in [0.2, 0.25) is 0 Å². The minimum atomic E-state index is 0.523. The number of nitrogens with zero attached hydrogens (tertiary/aromatic N) is 6. The Kier molecular flexibility index (Phi) is 8.52. The quantitative estimate of drug-likeness (QED) is 0.118. The lowest BCUT2D eigenvalue weighted by molar-refractivity contribution is 0.184. The zero-order valence-corrected chi connectivity index (χ0v) is 31.3. The van der Waals surface area contributed by atoms with Crippen LogP contribution in [-0.2, 0) is 19.5 Å².